The minimum absolute atomic E-state index is 0.280. The molecule has 0 saturated heterocycles. The molecule has 0 aliphatic carbocycles. The van der Waals surface area contributed by atoms with Crippen LogP contribution in [0, 0.1) is 0 Å². The zero-order valence-electron chi connectivity index (χ0n) is 11.1. The standard InChI is InChI=1S/C15H14BrClN2O2/c16-13-6-2-5-12(14(13)17)15(20)19-10-3-1-4-11(9-10)21-8-7-18/h1-6,9H,7-8,18H2,(H,19,20). The van der Waals surface area contributed by atoms with E-state index in [9.17, 15) is 4.79 Å². The van der Waals surface area contributed by atoms with Crippen molar-refractivity contribution in [3.63, 3.8) is 0 Å². The number of amides is 1. The van der Waals surface area contributed by atoms with Crippen LogP contribution in [0.25, 0.3) is 0 Å². The van der Waals surface area contributed by atoms with Gasteiger partial charge < -0.3 is 15.8 Å². The highest BCUT2D eigenvalue weighted by atomic mass is 79.9. The Kier molecular flexibility index (Phi) is 5.61. The van der Waals surface area contributed by atoms with Gasteiger partial charge in [-0.15, -0.1) is 0 Å². The van der Waals surface area contributed by atoms with Gasteiger partial charge in [-0.3, -0.25) is 4.79 Å². The molecule has 0 heterocycles. The lowest BCUT2D eigenvalue weighted by Crippen LogP contribution is -2.13. The maximum absolute atomic E-state index is 12.2. The number of hydrogen-bond acceptors (Lipinski definition) is 3. The first-order valence-corrected chi connectivity index (χ1v) is 7.47. The average molecular weight is 370 g/mol. The number of nitrogens with one attached hydrogen (secondary N) is 1. The van der Waals surface area contributed by atoms with E-state index in [2.05, 4.69) is 21.2 Å². The van der Waals surface area contributed by atoms with E-state index < -0.39 is 0 Å². The van der Waals surface area contributed by atoms with Gasteiger partial charge in [-0.1, -0.05) is 23.7 Å². The predicted octanol–water partition coefficient (Wildman–Crippen LogP) is 3.69. The molecule has 0 fully saturated rings. The summed E-state index contributed by atoms with van der Waals surface area (Å²) in [6, 6.07) is 12.3. The smallest absolute Gasteiger partial charge is 0.257 e. The van der Waals surface area contributed by atoms with Crippen LogP contribution < -0.4 is 15.8 Å². The molecule has 0 aliphatic rings. The summed E-state index contributed by atoms with van der Waals surface area (Å²) in [4.78, 5) is 12.2. The van der Waals surface area contributed by atoms with Gasteiger partial charge in [0.15, 0.2) is 0 Å². The van der Waals surface area contributed by atoms with Gasteiger partial charge in [0.25, 0.3) is 5.91 Å². The molecule has 2 aromatic rings. The second kappa shape index (κ2) is 7.45. The van der Waals surface area contributed by atoms with Crippen LogP contribution in [0.4, 0.5) is 5.69 Å². The van der Waals surface area contributed by atoms with Gasteiger partial charge >= 0.3 is 0 Å². The minimum atomic E-state index is -0.280. The molecule has 2 rings (SSSR count). The number of halogens is 2. The quantitative estimate of drug-likeness (QED) is 0.845. The van der Waals surface area contributed by atoms with Gasteiger partial charge in [-0.25, -0.2) is 0 Å². The van der Waals surface area contributed by atoms with Crippen molar-refractivity contribution in [2.75, 3.05) is 18.5 Å². The van der Waals surface area contributed by atoms with E-state index in [1.165, 1.54) is 0 Å². The van der Waals surface area contributed by atoms with Gasteiger partial charge in [-0.05, 0) is 40.2 Å². The van der Waals surface area contributed by atoms with E-state index in [4.69, 9.17) is 22.1 Å². The molecule has 0 aromatic heterocycles. The van der Waals surface area contributed by atoms with Gasteiger partial charge in [-0.2, -0.15) is 0 Å². The summed E-state index contributed by atoms with van der Waals surface area (Å²) in [5.74, 6) is 0.371. The van der Waals surface area contributed by atoms with E-state index >= 15 is 0 Å². The van der Waals surface area contributed by atoms with E-state index in [1.807, 2.05) is 0 Å². The third-order valence-electron chi connectivity index (χ3n) is 2.67. The van der Waals surface area contributed by atoms with Crippen molar-refractivity contribution in [1.29, 1.82) is 0 Å². The Morgan fingerprint density at radius 1 is 1.29 bits per heavy atom. The van der Waals surface area contributed by atoms with E-state index in [0.717, 1.165) is 0 Å². The van der Waals surface area contributed by atoms with Crippen LogP contribution in [0.15, 0.2) is 46.9 Å². The van der Waals surface area contributed by atoms with Crippen LogP contribution in [-0.2, 0) is 0 Å². The van der Waals surface area contributed by atoms with E-state index in [1.54, 1.807) is 42.5 Å². The van der Waals surface area contributed by atoms with Crippen molar-refractivity contribution in [2.45, 2.75) is 0 Å². The Hall–Kier alpha value is -1.56. The number of carbonyl (C=O) groups excluding carboxylic acids is 1. The first kappa shape index (κ1) is 15.8. The molecule has 0 aliphatic heterocycles. The van der Waals surface area contributed by atoms with Gasteiger partial charge in [0, 0.05) is 22.8 Å². The Morgan fingerprint density at radius 2 is 2.05 bits per heavy atom. The number of nitrogens with two attached hydrogens (primary N) is 1. The molecule has 0 unspecified atom stereocenters. The summed E-state index contributed by atoms with van der Waals surface area (Å²) in [5, 5.41) is 3.17. The fourth-order valence-corrected chi connectivity index (χ4v) is 2.30. The SMILES string of the molecule is NCCOc1cccc(NC(=O)c2cccc(Br)c2Cl)c1. The van der Waals surface area contributed by atoms with E-state index in [-0.39, 0.29) is 5.91 Å². The topological polar surface area (TPSA) is 64.3 Å². The molecule has 4 nitrogen and oxygen atoms in total. The number of rotatable bonds is 5. The fraction of sp³-hybridized carbons (Fsp3) is 0.133. The zero-order valence-corrected chi connectivity index (χ0v) is 13.4. The molecule has 2 aromatic carbocycles. The molecule has 1 amide bonds. The molecule has 0 atom stereocenters. The summed E-state index contributed by atoms with van der Waals surface area (Å²) in [6.45, 7) is 0.860. The zero-order chi connectivity index (χ0) is 15.2. The molecule has 21 heavy (non-hydrogen) atoms. The number of carbonyl (C=O) groups is 1. The predicted molar refractivity (Wildman–Crippen MR) is 88.1 cm³/mol. The number of ether oxygens (including phenoxy) is 1. The first-order valence-electron chi connectivity index (χ1n) is 6.30. The summed E-state index contributed by atoms with van der Waals surface area (Å²) in [6.07, 6.45) is 0. The molecule has 0 spiro atoms. The van der Waals surface area contributed by atoms with Crippen LogP contribution in [0.5, 0.6) is 5.75 Å². The van der Waals surface area contributed by atoms with Gasteiger partial charge in [0.1, 0.15) is 12.4 Å². The second-order valence-electron chi connectivity index (χ2n) is 4.22. The summed E-state index contributed by atoms with van der Waals surface area (Å²) < 4.78 is 6.09. The Morgan fingerprint density at radius 3 is 2.81 bits per heavy atom. The molecule has 0 radical (unpaired) electrons. The minimum Gasteiger partial charge on any atom is -0.492 e. The lowest BCUT2D eigenvalue weighted by atomic mass is 10.2. The monoisotopic (exact) mass is 368 g/mol. The molecule has 110 valence electrons. The van der Waals surface area contributed by atoms with Crippen LogP contribution >= 0.6 is 27.5 Å². The molecule has 0 saturated carbocycles. The van der Waals surface area contributed by atoms with Crippen molar-refractivity contribution < 1.29 is 9.53 Å². The molecular weight excluding hydrogens is 356 g/mol. The van der Waals surface area contributed by atoms with E-state index in [0.29, 0.717) is 39.6 Å². The molecule has 0 bridgehead atoms. The van der Waals surface area contributed by atoms with Crippen LogP contribution in [0.2, 0.25) is 5.02 Å². The Bertz CT molecular complexity index is 649. The second-order valence-corrected chi connectivity index (χ2v) is 5.45. The highest BCUT2D eigenvalue weighted by Crippen LogP contribution is 2.27. The van der Waals surface area contributed by atoms with Crippen molar-refractivity contribution in [2.24, 2.45) is 5.73 Å². The maximum Gasteiger partial charge on any atom is 0.257 e. The van der Waals surface area contributed by atoms with Crippen molar-refractivity contribution in [3.05, 3.63) is 57.5 Å². The summed E-state index contributed by atoms with van der Waals surface area (Å²) in [7, 11) is 0. The number of anilines is 1. The molecular formula is C15H14BrClN2O2. The maximum atomic E-state index is 12.2. The third kappa shape index (κ3) is 4.20. The average Bonchev–Trinajstić information content (AvgIpc) is 2.48. The van der Waals surface area contributed by atoms with Crippen LogP contribution in [-0.4, -0.2) is 19.1 Å². The lowest BCUT2D eigenvalue weighted by molar-refractivity contribution is 0.102. The Balaban J connectivity index is 2.14. The highest BCUT2D eigenvalue weighted by Gasteiger charge is 2.12. The Labute approximate surface area is 136 Å². The van der Waals surface area contributed by atoms with Crippen LogP contribution in [0.1, 0.15) is 10.4 Å². The van der Waals surface area contributed by atoms with Crippen molar-refractivity contribution >= 4 is 39.1 Å². The summed E-state index contributed by atoms with van der Waals surface area (Å²) in [5.41, 5.74) is 6.42. The number of benzene rings is 2. The number of hydrogen-bond donors (Lipinski definition) is 2. The lowest BCUT2D eigenvalue weighted by Gasteiger charge is -2.10. The fourth-order valence-electron chi connectivity index (χ4n) is 1.72. The molecule has 3 N–H and O–H groups in total. The van der Waals surface area contributed by atoms with Crippen LogP contribution in [0.3, 0.4) is 0 Å². The summed E-state index contributed by atoms with van der Waals surface area (Å²) >= 11 is 9.40. The highest BCUT2D eigenvalue weighted by molar-refractivity contribution is 9.10. The third-order valence-corrected chi connectivity index (χ3v) is 3.97. The largest absolute Gasteiger partial charge is 0.492 e. The van der Waals surface area contributed by atoms with Gasteiger partial charge in [0.05, 0.1) is 10.6 Å². The van der Waals surface area contributed by atoms with Crippen molar-refractivity contribution in [3.8, 4) is 5.75 Å². The normalized spacial score (nSPS) is 10.2. The molecule has 6 heteroatoms. The first-order chi connectivity index (χ1) is 10.1. The van der Waals surface area contributed by atoms with Gasteiger partial charge in [0.2, 0.25) is 0 Å². The van der Waals surface area contributed by atoms with Crippen molar-refractivity contribution in [1.82, 2.24) is 0 Å².